The van der Waals surface area contributed by atoms with Crippen LogP contribution in [0.15, 0.2) is 47.6 Å². The molecule has 2 N–H and O–H groups in total. The van der Waals surface area contributed by atoms with Gasteiger partial charge in [0.15, 0.2) is 0 Å². The van der Waals surface area contributed by atoms with Gasteiger partial charge in [0, 0.05) is 24.9 Å². The molecule has 1 amide bonds. The summed E-state index contributed by atoms with van der Waals surface area (Å²) in [5.41, 5.74) is 1.14. The van der Waals surface area contributed by atoms with Crippen LogP contribution >= 0.6 is 0 Å². The predicted octanol–water partition coefficient (Wildman–Crippen LogP) is 2.02. The Bertz CT molecular complexity index is 869. The maximum atomic E-state index is 12.5. The Labute approximate surface area is 146 Å². The summed E-state index contributed by atoms with van der Waals surface area (Å²) in [5.74, 6) is -1.38. The molecule has 8 heteroatoms. The van der Waals surface area contributed by atoms with E-state index in [9.17, 15) is 18.0 Å². The lowest BCUT2D eigenvalue weighted by molar-refractivity contribution is -0.137. The minimum atomic E-state index is -3.76. The van der Waals surface area contributed by atoms with Crippen molar-refractivity contribution in [3.63, 3.8) is 0 Å². The molecule has 0 aliphatic carbocycles. The number of carbonyl (C=O) groups excluding carboxylic acids is 1. The number of benzene rings is 1. The normalized spacial score (nSPS) is 12.6. The lowest BCUT2D eigenvalue weighted by Crippen LogP contribution is -2.32. The van der Waals surface area contributed by atoms with Gasteiger partial charge in [-0.1, -0.05) is 17.7 Å². The van der Waals surface area contributed by atoms with Crippen molar-refractivity contribution in [3.8, 4) is 0 Å². The molecule has 1 aromatic carbocycles. The zero-order chi connectivity index (χ0) is 18.6. The number of carboxylic acids is 1. The molecular formula is C17H20N2O5S. The quantitative estimate of drug-likeness (QED) is 0.782. The van der Waals surface area contributed by atoms with Gasteiger partial charge >= 0.3 is 5.97 Å². The second-order valence-electron chi connectivity index (χ2n) is 5.86. The monoisotopic (exact) mass is 364 g/mol. The van der Waals surface area contributed by atoms with E-state index >= 15 is 0 Å². The largest absolute Gasteiger partial charge is 0.481 e. The molecule has 7 nitrogen and oxygen atoms in total. The third-order valence-corrected chi connectivity index (χ3v) is 5.34. The van der Waals surface area contributed by atoms with E-state index in [4.69, 9.17) is 5.11 Å². The summed E-state index contributed by atoms with van der Waals surface area (Å²) < 4.78 is 26.1. The van der Waals surface area contributed by atoms with E-state index in [2.05, 4.69) is 5.32 Å². The first-order chi connectivity index (χ1) is 11.7. The number of aryl methyl sites for hydroxylation is 1. The summed E-state index contributed by atoms with van der Waals surface area (Å²) >= 11 is 0. The van der Waals surface area contributed by atoms with Gasteiger partial charge in [-0.05, 0) is 38.5 Å². The zero-order valence-electron chi connectivity index (χ0n) is 14.0. The first kappa shape index (κ1) is 18.7. The van der Waals surface area contributed by atoms with Gasteiger partial charge in [-0.3, -0.25) is 9.59 Å². The predicted molar refractivity (Wildman–Crippen MR) is 92.0 cm³/mol. The van der Waals surface area contributed by atoms with E-state index < -0.39 is 21.9 Å². The summed E-state index contributed by atoms with van der Waals surface area (Å²) in [7, 11) is -3.76. The highest BCUT2D eigenvalue weighted by Crippen LogP contribution is 2.16. The molecule has 0 radical (unpaired) electrons. The summed E-state index contributed by atoms with van der Waals surface area (Å²) in [4.78, 5) is 22.8. The Balaban J connectivity index is 2.12. The van der Waals surface area contributed by atoms with Crippen LogP contribution in [0.2, 0.25) is 0 Å². The zero-order valence-corrected chi connectivity index (χ0v) is 14.8. The molecule has 1 atom stereocenters. The molecule has 0 spiro atoms. The molecule has 25 heavy (non-hydrogen) atoms. The number of amides is 1. The number of carboxylic acid groups (broad SMARTS) is 1. The van der Waals surface area contributed by atoms with E-state index in [0.29, 0.717) is 6.42 Å². The van der Waals surface area contributed by atoms with Crippen LogP contribution in [0.4, 0.5) is 0 Å². The van der Waals surface area contributed by atoms with Crippen molar-refractivity contribution in [2.45, 2.75) is 37.6 Å². The van der Waals surface area contributed by atoms with E-state index in [1.54, 1.807) is 19.1 Å². The highest BCUT2D eigenvalue weighted by molar-refractivity contribution is 7.90. The number of aliphatic carboxylic acids is 1. The van der Waals surface area contributed by atoms with Crippen LogP contribution in [0.5, 0.6) is 0 Å². The van der Waals surface area contributed by atoms with Gasteiger partial charge < -0.3 is 10.4 Å². The molecule has 2 aromatic rings. The fraction of sp³-hybridized carbons (Fsp3) is 0.294. The minimum absolute atomic E-state index is 0.0513. The van der Waals surface area contributed by atoms with Crippen LogP contribution in [-0.4, -0.2) is 35.4 Å². The molecule has 0 fully saturated rings. The molecule has 0 aliphatic heterocycles. The van der Waals surface area contributed by atoms with Crippen LogP contribution in [0, 0.1) is 6.92 Å². The van der Waals surface area contributed by atoms with Gasteiger partial charge in [0.2, 0.25) is 0 Å². The van der Waals surface area contributed by atoms with Crippen molar-refractivity contribution >= 4 is 21.9 Å². The van der Waals surface area contributed by atoms with E-state index in [-0.39, 0.29) is 22.9 Å². The maximum Gasteiger partial charge on any atom is 0.303 e. The number of hydrogen-bond acceptors (Lipinski definition) is 4. The highest BCUT2D eigenvalue weighted by atomic mass is 32.2. The maximum absolute atomic E-state index is 12.5. The van der Waals surface area contributed by atoms with Crippen LogP contribution in [0.25, 0.3) is 0 Å². The number of hydrogen-bond donors (Lipinski definition) is 2. The van der Waals surface area contributed by atoms with Crippen molar-refractivity contribution in [2.24, 2.45) is 0 Å². The SMILES string of the molecule is Cc1ccc(S(=O)(=O)n2ccc(C(=O)NC(C)CCC(=O)O)c2)cc1. The van der Waals surface area contributed by atoms with Crippen molar-refractivity contribution in [2.75, 3.05) is 0 Å². The fourth-order valence-electron chi connectivity index (χ4n) is 2.21. The highest BCUT2D eigenvalue weighted by Gasteiger charge is 2.19. The topological polar surface area (TPSA) is 105 Å². The number of nitrogens with zero attached hydrogens (tertiary/aromatic N) is 1. The molecule has 0 saturated heterocycles. The molecule has 2 rings (SSSR count). The summed E-state index contributed by atoms with van der Waals surface area (Å²) in [6.07, 6.45) is 2.80. The molecule has 0 saturated carbocycles. The Hall–Kier alpha value is -2.61. The van der Waals surface area contributed by atoms with Gasteiger partial charge in [-0.15, -0.1) is 0 Å². The van der Waals surface area contributed by atoms with Gasteiger partial charge in [-0.25, -0.2) is 12.4 Å². The summed E-state index contributed by atoms with van der Waals surface area (Å²) in [6, 6.07) is 7.50. The average molecular weight is 364 g/mol. The minimum Gasteiger partial charge on any atom is -0.481 e. The number of aromatic nitrogens is 1. The van der Waals surface area contributed by atoms with E-state index in [1.807, 2.05) is 6.92 Å². The van der Waals surface area contributed by atoms with Crippen LogP contribution in [0.1, 0.15) is 35.7 Å². The standard InChI is InChI=1S/C17H20N2O5S/c1-12-3-6-15(7-4-12)25(23,24)19-10-9-14(11-19)17(22)18-13(2)5-8-16(20)21/h3-4,6-7,9-11,13H,5,8H2,1-2H3,(H,18,22)(H,20,21). The van der Waals surface area contributed by atoms with Gasteiger partial charge in [0.1, 0.15) is 0 Å². The van der Waals surface area contributed by atoms with Crippen molar-refractivity contribution < 1.29 is 23.1 Å². The first-order valence-electron chi connectivity index (χ1n) is 7.73. The molecule has 1 unspecified atom stereocenters. The smallest absolute Gasteiger partial charge is 0.303 e. The third-order valence-electron chi connectivity index (χ3n) is 3.69. The second kappa shape index (κ2) is 7.52. The van der Waals surface area contributed by atoms with Crippen LogP contribution in [0.3, 0.4) is 0 Å². The number of nitrogens with one attached hydrogen (secondary N) is 1. The van der Waals surface area contributed by atoms with Gasteiger partial charge in [-0.2, -0.15) is 0 Å². The second-order valence-corrected chi connectivity index (χ2v) is 7.70. The Morgan fingerprint density at radius 3 is 2.44 bits per heavy atom. The lowest BCUT2D eigenvalue weighted by Gasteiger charge is -2.11. The summed E-state index contributed by atoms with van der Waals surface area (Å²) in [5, 5.41) is 11.3. The lowest BCUT2D eigenvalue weighted by atomic mass is 10.1. The number of carbonyl (C=O) groups is 2. The van der Waals surface area contributed by atoms with E-state index in [1.165, 1.54) is 30.6 Å². The molecule has 0 aliphatic rings. The average Bonchev–Trinajstić information content (AvgIpc) is 3.04. The Morgan fingerprint density at radius 1 is 1.20 bits per heavy atom. The van der Waals surface area contributed by atoms with E-state index in [0.717, 1.165) is 9.54 Å². The van der Waals surface area contributed by atoms with Gasteiger partial charge in [0.05, 0.1) is 10.5 Å². The molecular weight excluding hydrogens is 344 g/mol. The first-order valence-corrected chi connectivity index (χ1v) is 9.17. The van der Waals surface area contributed by atoms with Crippen molar-refractivity contribution in [1.82, 2.24) is 9.29 Å². The van der Waals surface area contributed by atoms with Crippen LogP contribution in [-0.2, 0) is 14.8 Å². The molecule has 0 bridgehead atoms. The van der Waals surface area contributed by atoms with Gasteiger partial charge in [0.25, 0.3) is 15.9 Å². The molecule has 1 heterocycles. The van der Waals surface area contributed by atoms with Crippen LogP contribution < -0.4 is 5.32 Å². The molecule has 134 valence electrons. The summed E-state index contributed by atoms with van der Waals surface area (Å²) in [6.45, 7) is 3.56. The fourth-order valence-corrected chi connectivity index (χ4v) is 3.41. The molecule has 1 aromatic heterocycles. The number of rotatable bonds is 7. The Morgan fingerprint density at radius 2 is 1.84 bits per heavy atom. The third kappa shape index (κ3) is 4.69. The van der Waals surface area contributed by atoms with Crippen molar-refractivity contribution in [1.29, 1.82) is 0 Å². The Kier molecular flexibility index (Phi) is 5.63. The van der Waals surface area contributed by atoms with Crippen molar-refractivity contribution in [3.05, 3.63) is 53.9 Å².